The highest BCUT2D eigenvalue weighted by Crippen LogP contribution is 2.42. The SMILES string of the molecule is CC(Sc1nnc(-c2ccccc2F)n1C1CC1)C(=O)c1ccc(C(C)(C)C)cc1. The maximum absolute atomic E-state index is 14.3. The summed E-state index contributed by atoms with van der Waals surface area (Å²) in [7, 11) is 0. The molecule has 4 rings (SSSR count). The number of Topliss-reactive ketones (excluding diaryl/α,β-unsaturated/α-hetero) is 1. The van der Waals surface area contributed by atoms with Gasteiger partial charge in [-0.2, -0.15) is 0 Å². The van der Waals surface area contributed by atoms with E-state index < -0.39 is 0 Å². The molecule has 6 heteroatoms. The quantitative estimate of drug-likeness (QED) is 0.356. The molecule has 1 aliphatic carbocycles. The summed E-state index contributed by atoms with van der Waals surface area (Å²) in [5.74, 6) is 0.275. The van der Waals surface area contributed by atoms with E-state index in [9.17, 15) is 9.18 Å². The standard InChI is InChI=1S/C24H26FN3OS/c1-15(21(29)16-9-11-17(12-10-16)24(2,3)4)30-23-27-26-22(28(23)18-13-14-18)19-7-5-6-8-20(19)25/h5-12,15,18H,13-14H2,1-4H3. The minimum atomic E-state index is -0.319. The number of rotatable bonds is 6. The molecule has 0 amide bonds. The Labute approximate surface area is 180 Å². The Morgan fingerprint density at radius 1 is 1.10 bits per heavy atom. The highest BCUT2D eigenvalue weighted by Gasteiger charge is 2.32. The lowest BCUT2D eigenvalue weighted by Gasteiger charge is -2.19. The van der Waals surface area contributed by atoms with Crippen LogP contribution in [0.15, 0.2) is 53.7 Å². The highest BCUT2D eigenvalue weighted by atomic mass is 32.2. The molecule has 1 saturated carbocycles. The number of carbonyl (C=O) groups excluding carboxylic acids is 1. The fourth-order valence-electron chi connectivity index (χ4n) is 3.43. The Hall–Kier alpha value is -2.47. The lowest BCUT2D eigenvalue weighted by molar-refractivity contribution is 0.0993. The molecule has 2 aromatic carbocycles. The second-order valence-electron chi connectivity index (χ2n) is 8.84. The van der Waals surface area contributed by atoms with E-state index in [1.165, 1.54) is 23.4 Å². The normalized spacial score (nSPS) is 15.2. The van der Waals surface area contributed by atoms with Crippen LogP contribution in [-0.2, 0) is 5.41 Å². The zero-order valence-electron chi connectivity index (χ0n) is 17.7. The maximum atomic E-state index is 14.3. The number of aromatic nitrogens is 3. The third-order valence-corrected chi connectivity index (χ3v) is 6.43. The Morgan fingerprint density at radius 2 is 1.77 bits per heavy atom. The van der Waals surface area contributed by atoms with E-state index in [4.69, 9.17) is 0 Å². The number of thioether (sulfide) groups is 1. The zero-order valence-corrected chi connectivity index (χ0v) is 18.5. The smallest absolute Gasteiger partial charge is 0.192 e. The van der Waals surface area contributed by atoms with Crippen molar-refractivity contribution in [2.24, 2.45) is 0 Å². The molecule has 0 N–H and O–H groups in total. The molecular formula is C24H26FN3OS. The van der Waals surface area contributed by atoms with Gasteiger partial charge in [-0.25, -0.2) is 4.39 Å². The predicted octanol–water partition coefficient (Wildman–Crippen LogP) is 6.08. The highest BCUT2D eigenvalue weighted by molar-refractivity contribution is 8.00. The molecule has 1 aliphatic rings. The van der Waals surface area contributed by atoms with Crippen molar-refractivity contribution in [2.75, 3.05) is 0 Å². The van der Waals surface area contributed by atoms with E-state index in [0.717, 1.165) is 12.8 Å². The number of hydrogen-bond donors (Lipinski definition) is 0. The average Bonchev–Trinajstić information content (AvgIpc) is 3.47. The molecule has 0 radical (unpaired) electrons. The van der Waals surface area contributed by atoms with Crippen molar-refractivity contribution in [3.63, 3.8) is 0 Å². The number of nitrogens with zero attached hydrogens (tertiary/aromatic N) is 3. The van der Waals surface area contributed by atoms with Gasteiger partial charge in [-0.15, -0.1) is 10.2 Å². The van der Waals surface area contributed by atoms with Gasteiger partial charge in [0.15, 0.2) is 16.8 Å². The van der Waals surface area contributed by atoms with E-state index in [0.29, 0.717) is 22.1 Å². The van der Waals surface area contributed by atoms with Gasteiger partial charge in [0.25, 0.3) is 0 Å². The van der Waals surface area contributed by atoms with Crippen molar-refractivity contribution < 1.29 is 9.18 Å². The van der Waals surface area contributed by atoms with Crippen molar-refractivity contribution in [1.82, 2.24) is 14.8 Å². The van der Waals surface area contributed by atoms with Crippen LogP contribution in [-0.4, -0.2) is 25.8 Å². The Bertz CT molecular complexity index is 1060. The number of halogens is 1. The largest absolute Gasteiger partial charge is 0.299 e. The van der Waals surface area contributed by atoms with Crippen LogP contribution in [0.3, 0.4) is 0 Å². The lowest BCUT2D eigenvalue weighted by Crippen LogP contribution is -2.16. The minimum Gasteiger partial charge on any atom is -0.299 e. The Balaban J connectivity index is 1.57. The van der Waals surface area contributed by atoms with E-state index >= 15 is 0 Å². The van der Waals surface area contributed by atoms with Crippen LogP contribution < -0.4 is 0 Å². The topological polar surface area (TPSA) is 47.8 Å². The molecule has 0 aliphatic heterocycles. The Morgan fingerprint density at radius 3 is 2.37 bits per heavy atom. The van der Waals surface area contributed by atoms with Crippen molar-refractivity contribution in [2.45, 2.75) is 62.4 Å². The van der Waals surface area contributed by atoms with Gasteiger partial charge in [0.2, 0.25) is 0 Å². The van der Waals surface area contributed by atoms with Crippen molar-refractivity contribution in [3.8, 4) is 11.4 Å². The summed E-state index contributed by atoms with van der Waals surface area (Å²) in [4.78, 5) is 13.0. The summed E-state index contributed by atoms with van der Waals surface area (Å²) >= 11 is 1.39. The van der Waals surface area contributed by atoms with Gasteiger partial charge in [-0.05, 0) is 42.9 Å². The fraction of sp³-hybridized carbons (Fsp3) is 0.375. The van der Waals surface area contributed by atoms with E-state index in [1.807, 2.05) is 35.8 Å². The van der Waals surface area contributed by atoms with Crippen LogP contribution >= 0.6 is 11.8 Å². The van der Waals surface area contributed by atoms with Crippen molar-refractivity contribution in [3.05, 3.63) is 65.5 Å². The van der Waals surface area contributed by atoms with E-state index in [2.05, 4.69) is 31.0 Å². The van der Waals surface area contributed by atoms with Crippen LogP contribution in [0.5, 0.6) is 0 Å². The minimum absolute atomic E-state index is 0.0474. The second kappa shape index (κ2) is 7.99. The van der Waals surface area contributed by atoms with Gasteiger partial charge in [-0.3, -0.25) is 9.36 Å². The monoisotopic (exact) mass is 423 g/mol. The molecule has 30 heavy (non-hydrogen) atoms. The molecular weight excluding hydrogens is 397 g/mol. The molecule has 1 aromatic heterocycles. The predicted molar refractivity (Wildman–Crippen MR) is 118 cm³/mol. The summed E-state index contributed by atoms with van der Waals surface area (Å²) < 4.78 is 16.3. The van der Waals surface area contributed by atoms with Crippen molar-refractivity contribution in [1.29, 1.82) is 0 Å². The first-order valence-corrected chi connectivity index (χ1v) is 11.1. The summed E-state index contributed by atoms with van der Waals surface area (Å²) in [6, 6.07) is 14.7. The molecule has 1 unspecified atom stereocenters. The van der Waals surface area contributed by atoms with Gasteiger partial charge in [0, 0.05) is 11.6 Å². The molecule has 1 heterocycles. The first-order valence-electron chi connectivity index (χ1n) is 10.3. The van der Waals surface area contributed by atoms with Gasteiger partial charge >= 0.3 is 0 Å². The number of carbonyl (C=O) groups is 1. The van der Waals surface area contributed by atoms with E-state index in [1.54, 1.807) is 18.2 Å². The first kappa shape index (κ1) is 20.8. The van der Waals surface area contributed by atoms with Crippen LogP contribution in [0.1, 0.15) is 62.5 Å². The van der Waals surface area contributed by atoms with Gasteiger partial charge in [-0.1, -0.05) is 68.9 Å². The van der Waals surface area contributed by atoms with Crippen LogP contribution in [0.4, 0.5) is 4.39 Å². The molecule has 3 aromatic rings. The molecule has 0 spiro atoms. The van der Waals surface area contributed by atoms with Crippen LogP contribution in [0.2, 0.25) is 0 Å². The van der Waals surface area contributed by atoms with Crippen LogP contribution in [0.25, 0.3) is 11.4 Å². The van der Waals surface area contributed by atoms with Gasteiger partial charge < -0.3 is 0 Å². The Kier molecular flexibility index (Phi) is 5.53. The van der Waals surface area contributed by atoms with Gasteiger partial charge in [0.05, 0.1) is 10.8 Å². The molecule has 1 fully saturated rings. The van der Waals surface area contributed by atoms with E-state index in [-0.39, 0.29) is 28.3 Å². The maximum Gasteiger partial charge on any atom is 0.192 e. The number of hydrogen-bond acceptors (Lipinski definition) is 4. The molecule has 0 saturated heterocycles. The molecule has 4 nitrogen and oxygen atoms in total. The number of ketones is 1. The third-order valence-electron chi connectivity index (χ3n) is 5.38. The lowest BCUT2D eigenvalue weighted by atomic mass is 9.86. The van der Waals surface area contributed by atoms with Crippen molar-refractivity contribution >= 4 is 17.5 Å². The first-order chi connectivity index (χ1) is 14.3. The average molecular weight is 424 g/mol. The summed E-state index contributed by atoms with van der Waals surface area (Å²) in [5.41, 5.74) is 2.38. The third kappa shape index (κ3) is 4.19. The summed E-state index contributed by atoms with van der Waals surface area (Å²) in [6.07, 6.45) is 2.04. The molecule has 156 valence electrons. The second-order valence-corrected chi connectivity index (χ2v) is 10.1. The van der Waals surface area contributed by atoms with Crippen LogP contribution in [0, 0.1) is 5.82 Å². The zero-order chi connectivity index (χ0) is 21.5. The molecule has 1 atom stereocenters. The summed E-state index contributed by atoms with van der Waals surface area (Å²) in [6.45, 7) is 8.35. The van der Waals surface area contributed by atoms with Gasteiger partial charge in [0.1, 0.15) is 5.82 Å². The fourth-order valence-corrected chi connectivity index (χ4v) is 4.42. The number of benzene rings is 2. The summed E-state index contributed by atoms with van der Waals surface area (Å²) in [5, 5.41) is 8.94. The molecule has 0 bridgehead atoms.